The van der Waals surface area contributed by atoms with Crippen molar-refractivity contribution in [2.75, 3.05) is 19.8 Å². The number of carboxylic acid groups (broad SMARTS) is 1. The minimum absolute atomic E-state index is 0.0973. The van der Waals surface area contributed by atoms with Crippen LogP contribution in [-0.4, -0.2) is 47.4 Å². The highest BCUT2D eigenvalue weighted by Gasteiger charge is 2.42. The summed E-state index contributed by atoms with van der Waals surface area (Å²) in [6.45, 7) is 4.45. The van der Waals surface area contributed by atoms with Gasteiger partial charge in [0, 0.05) is 12.0 Å². The molecule has 0 bridgehead atoms. The number of hydrogen-bond acceptors (Lipinski definition) is 5. The van der Waals surface area contributed by atoms with Crippen LogP contribution in [0.4, 0.5) is 0 Å². The molecule has 7 heteroatoms. The topological polar surface area (TPSA) is 105 Å². The van der Waals surface area contributed by atoms with Crippen molar-refractivity contribution in [2.45, 2.75) is 51.5 Å². The quantitative estimate of drug-likeness (QED) is 0.504. The van der Waals surface area contributed by atoms with Crippen LogP contribution < -0.4 is 14.8 Å². The molecule has 1 amide bonds. The van der Waals surface area contributed by atoms with E-state index in [1.807, 2.05) is 25.1 Å². The molecule has 0 heterocycles. The third-order valence-electron chi connectivity index (χ3n) is 6.18. The summed E-state index contributed by atoms with van der Waals surface area (Å²) in [5, 5.41) is 21.7. The van der Waals surface area contributed by atoms with Gasteiger partial charge in [0.1, 0.15) is 12.1 Å². The van der Waals surface area contributed by atoms with Gasteiger partial charge in [-0.05, 0) is 62.3 Å². The van der Waals surface area contributed by atoms with Crippen molar-refractivity contribution in [1.82, 2.24) is 5.32 Å². The number of carbonyl (C=O) groups excluding carboxylic acids is 1. The first-order valence-corrected chi connectivity index (χ1v) is 11.4. The zero-order valence-corrected chi connectivity index (χ0v) is 19.3. The normalized spacial score (nSPS) is 20.2. The SMILES string of the molecule is Cc1cccc(CCOc2cc(C(=O)N[C@]3(C(=O)O)CC[C@H](C)CC3)ccc2OCCO)c1. The first-order valence-electron chi connectivity index (χ1n) is 11.4. The van der Waals surface area contributed by atoms with E-state index in [1.165, 1.54) is 5.56 Å². The van der Waals surface area contributed by atoms with Crippen LogP contribution in [0.5, 0.6) is 11.5 Å². The van der Waals surface area contributed by atoms with E-state index in [4.69, 9.17) is 14.6 Å². The van der Waals surface area contributed by atoms with Crippen LogP contribution in [0.3, 0.4) is 0 Å². The van der Waals surface area contributed by atoms with E-state index in [-0.39, 0.29) is 13.2 Å². The molecule has 0 aliphatic heterocycles. The fourth-order valence-electron chi connectivity index (χ4n) is 4.12. The Labute approximate surface area is 194 Å². The van der Waals surface area contributed by atoms with Gasteiger partial charge in [-0.25, -0.2) is 4.79 Å². The third-order valence-corrected chi connectivity index (χ3v) is 6.18. The Balaban J connectivity index is 1.74. The lowest BCUT2D eigenvalue weighted by Gasteiger charge is -2.36. The zero-order chi connectivity index (χ0) is 23.8. The number of aryl methyl sites for hydroxylation is 1. The molecule has 1 saturated carbocycles. The van der Waals surface area contributed by atoms with Crippen molar-refractivity contribution in [2.24, 2.45) is 5.92 Å². The maximum absolute atomic E-state index is 13.0. The summed E-state index contributed by atoms with van der Waals surface area (Å²) < 4.78 is 11.5. The second kappa shape index (κ2) is 11.2. The zero-order valence-electron chi connectivity index (χ0n) is 19.3. The first-order chi connectivity index (χ1) is 15.8. The largest absolute Gasteiger partial charge is 0.489 e. The van der Waals surface area contributed by atoms with E-state index in [1.54, 1.807) is 18.2 Å². The van der Waals surface area contributed by atoms with Gasteiger partial charge < -0.3 is 25.0 Å². The van der Waals surface area contributed by atoms with Crippen LogP contribution in [0.25, 0.3) is 0 Å². The highest BCUT2D eigenvalue weighted by molar-refractivity contribution is 5.98. The third kappa shape index (κ3) is 6.48. The average molecular weight is 456 g/mol. The van der Waals surface area contributed by atoms with Gasteiger partial charge >= 0.3 is 5.97 Å². The molecule has 3 N–H and O–H groups in total. The standard InChI is InChI=1S/C26H33NO6/c1-18-8-11-26(12-9-18,25(30)31)27-24(29)21-6-7-22(33-15-13-28)23(17-21)32-14-10-20-5-3-4-19(2)16-20/h3-7,16-18,28H,8-15H2,1-2H3,(H,27,29)(H,30,31)/t18-,26+. The lowest BCUT2D eigenvalue weighted by atomic mass is 9.77. The van der Waals surface area contributed by atoms with E-state index in [9.17, 15) is 14.7 Å². The number of aliphatic hydroxyl groups excluding tert-OH is 1. The maximum atomic E-state index is 13.0. The number of aliphatic carboxylic acids is 1. The van der Waals surface area contributed by atoms with Crippen molar-refractivity contribution in [3.63, 3.8) is 0 Å². The molecule has 0 aromatic heterocycles. The number of rotatable bonds is 10. The molecule has 1 aliphatic rings. The van der Waals surface area contributed by atoms with Gasteiger partial charge in [0.2, 0.25) is 0 Å². The van der Waals surface area contributed by atoms with Crippen LogP contribution in [0.2, 0.25) is 0 Å². The fraction of sp³-hybridized carbons (Fsp3) is 0.462. The molecular formula is C26H33NO6. The summed E-state index contributed by atoms with van der Waals surface area (Å²) in [7, 11) is 0. The Morgan fingerprint density at radius 2 is 1.79 bits per heavy atom. The molecule has 0 radical (unpaired) electrons. The Bertz CT molecular complexity index is 965. The number of hydrogen-bond donors (Lipinski definition) is 3. The van der Waals surface area contributed by atoms with Gasteiger partial charge in [-0.1, -0.05) is 36.8 Å². The lowest BCUT2D eigenvalue weighted by Crippen LogP contribution is -2.56. The number of benzene rings is 2. The summed E-state index contributed by atoms with van der Waals surface area (Å²) in [5.41, 5.74) is 1.36. The Hall–Kier alpha value is -3.06. The van der Waals surface area contributed by atoms with Crippen LogP contribution >= 0.6 is 0 Å². The van der Waals surface area contributed by atoms with Crippen LogP contribution in [0, 0.1) is 12.8 Å². The van der Waals surface area contributed by atoms with Gasteiger partial charge in [0.25, 0.3) is 5.91 Å². The molecule has 178 valence electrons. The monoisotopic (exact) mass is 455 g/mol. The molecule has 0 unspecified atom stereocenters. The number of carbonyl (C=O) groups is 2. The van der Waals surface area contributed by atoms with Crippen molar-refractivity contribution in [1.29, 1.82) is 0 Å². The summed E-state index contributed by atoms with van der Waals surface area (Å²) in [4.78, 5) is 25.0. The molecule has 2 aromatic carbocycles. The Morgan fingerprint density at radius 1 is 1.06 bits per heavy atom. The van der Waals surface area contributed by atoms with Crippen LogP contribution in [0.1, 0.15) is 54.1 Å². The number of nitrogens with one attached hydrogen (secondary N) is 1. The van der Waals surface area contributed by atoms with Crippen molar-refractivity contribution in [3.8, 4) is 11.5 Å². The van der Waals surface area contributed by atoms with E-state index < -0.39 is 17.4 Å². The molecule has 0 saturated heterocycles. The maximum Gasteiger partial charge on any atom is 0.329 e. The first kappa shape index (κ1) is 24.6. The van der Waals surface area contributed by atoms with Crippen LogP contribution in [0.15, 0.2) is 42.5 Å². The summed E-state index contributed by atoms with van der Waals surface area (Å²) >= 11 is 0. The van der Waals surface area contributed by atoms with Crippen molar-refractivity contribution >= 4 is 11.9 Å². The highest BCUT2D eigenvalue weighted by Crippen LogP contribution is 2.33. The number of amides is 1. The molecular weight excluding hydrogens is 422 g/mol. The molecule has 3 rings (SSSR count). The van der Waals surface area contributed by atoms with E-state index in [2.05, 4.69) is 18.3 Å². The number of aliphatic hydroxyl groups is 1. The fourth-order valence-corrected chi connectivity index (χ4v) is 4.12. The Kier molecular flexibility index (Phi) is 8.33. The predicted octanol–water partition coefficient (Wildman–Crippen LogP) is 3.75. The van der Waals surface area contributed by atoms with Crippen molar-refractivity contribution in [3.05, 3.63) is 59.2 Å². The highest BCUT2D eigenvalue weighted by atomic mass is 16.5. The minimum Gasteiger partial charge on any atom is -0.489 e. The molecule has 1 aliphatic carbocycles. The van der Waals surface area contributed by atoms with E-state index >= 15 is 0 Å². The minimum atomic E-state index is -1.25. The van der Waals surface area contributed by atoms with Crippen LogP contribution in [-0.2, 0) is 11.2 Å². The van der Waals surface area contributed by atoms with Gasteiger partial charge in [-0.3, -0.25) is 4.79 Å². The molecule has 0 atom stereocenters. The van der Waals surface area contributed by atoms with Gasteiger partial charge in [0.05, 0.1) is 13.2 Å². The molecule has 0 spiro atoms. The van der Waals surface area contributed by atoms with Gasteiger partial charge in [-0.2, -0.15) is 0 Å². The molecule has 33 heavy (non-hydrogen) atoms. The second-order valence-electron chi connectivity index (χ2n) is 8.85. The van der Waals surface area contributed by atoms with Gasteiger partial charge in [-0.15, -0.1) is 0 Å². The van der Waals surface area contributed by atoms with E-state index in [0.29, 0.717) is 48.8 Å². The van der Waals surface area contributed by atoms with E-state index in [0.717, 1.165) is 18.4 Å². The second-order valence-corrected chi connectivity index (χ2v) is 8.85. The van der Waals surface area contributed by atoms with Gasteiger partial charge in [0.15, 0.2) is 11.5 Å². The Morgan fingerprint density at radius 3 is 2.45 bits per heavy atom. The summed E-state index contributed by atoms with van der Waals surface area (Å²) in [6.07, 6.45) is 3.01. The summed E-state index contributed by atoms with van der Waals surface area (Å²) in [5.74, 6) is -0.204. The number of ether oxygens (including phenoxy) is 2. The smallest absolute Gasteiger partial charge is 0.329 e. The lowest BCUT2D eigenvalue weighted by molar-refractivity contribution is -0.146. The molecule has 1 fully saturated rings. The number of carboxylic acids is 1. The molecule has 7 nitrogen and oxygen atoms in total. The summed E-state index contributed by atoms with van der Waals surface area (Å²) in [6, 6.07) is 12.9. The molecule has 2 aromatic rings. The van der Waals surface area contributed by atoms with Crippen molar-refractivity contribution < 1.29 is 29.3 Å². The average Bonchev–Trinajstić information content (AvgIpc) is 2.79. The predicted molar refractivity (Wildman–Crippen MR) is 125 cm³/mol.